The maximum atomic E-state index is 12.8. The molecule has 2 aromatic rings. The van der Waals surface area contributed by atoms with E-state index in [9.17, 15) is 4.79 Å². The summed E-state index contributed by atoms with van der Waals surface area (Å²) in [5.41, 5.74) is 2.46. The molecule has 0 spiro atoms. The zero-order valence-corrected chi connectivity index (χ0v) is 14.5. The van der Waals surface area contributed by atoms with Crippen LogP contribution < -0.4 is 10.1 Å². The van der Waals surface area contributed by atoms with Crippen molar-refractivity contribution in [1.82, 2.24) is 5.32 Å². The second-order valence-electron chi connectivity index (χ2n) is 6.52. The lowest BCUT2D eigenvalue weighted by molar-refractivity contribution is -0.121. The van der Waals surface area contributed by atoms with E-state index < -0.39 is 0 Å². The van der Waals surface area contributed by atoms with Gasteiger partial charge in [0.05, 0.1) is 18.4 Å². The Morgan fingerprint density at radius 3 is 2.58 bits per heavy atom. The van der Waals surface area contributed by atoms with E-state index in [2.05, 4.69) is 29.6 Å². The molecule has 4 rings (SSSR count). The van der Waals surface area contributed by atoms with E-state index >= 15 is 0 Å². The summed E-state index contributed by atoms with van der Waals surface area (Å²) in [6, 6.07) is 16.5. The molecule has 2 aliphatic rings. The van der Waals surface area contributed by atoms with Crippen LogP contribution in [0.4, 0.5) is 0 Å². The predicted molar refractivity (Wildman–Crippen MR) is 96.4 cm³/mol. The largest absolute Gasteiger partial charge is 0.497 e. The highest BCUT2D eigenvalue weighted by molar-refractivity contribution is 8.01. The van der Waals surface area contributed by atoms with Gasteiger partial charge >= 0.3 is 0 Å². The molecule has 1 N–H and O–H groups in total. The van der Waals surface area contributed by atoms with E-state index in [-0.39, 0.29) is 17.2 Å². The van der Waals surface area contributed by atoms with E-state index in [1.165, 1.54) is 28.9 Å². The lowest BCUT2D eigenvalue weighted by Crippen LogP contribution is -2.36. The van der Waals surface area contributed by atoms with E-state index in [1.54, 1.807) is 18.9 Å². The van der Waals surface area contributed by atoms with Crippen LogP contribution in [0.2, 0.25) is 0 Å². The summed E-state index contributed by atoms with van der Waals surface area (Å²) in [6.45, 7) is 0. The summed E-state index contributed by atoms with van der Waals surface area (Å²) in [7, 11) is 1.67. The first-order valence-electron chi connectivity index (χ1n) is 8.43. The number of thioether (sulfide) groups is 1. The number of ether oxygens (including phenoxy) is 1. The fourth-order valence-corrected chi connectivity index (χ4v) is 4.49. The molecule has 2 aromatic carbocycles. The third-order valence-corrected chi connectivity index (χ3v) is 6.12. The van der Waals surface area contributed by atoms with Crippen molar-refractivity contribution in [3.63, 3.8) is 0 Å². The van der Waals surface area contributed by atoms with Crippen molar-refractivity contribution in [3.05, 3.63) is 59.7 Å². The van der Waals surface area contributed by atoms with Crippen molar-refractivity contribution in [2.45, 2.75) is 35.4 Å². The highest BCUT2D eigenvalue weighted by Crippen LogP contribution is 2.42. The van der Waals surface area contributed by atoms with E-state index in [0.717, 1.165) is 12.2 Å². The van der Waals surface area contributed by atoms with Crippen molar-refractivity contribution >= 4 is 17.7 Å². The van der Waals surface area contributed by atoms with Gasteiger partial charge in [-0.1, -0.05) is 30.3 Å². The molecule has 3 nitrogen and oxygen atoms in total. The van der Waals surface area contributed by atoms with Gasteiger partial charge in [0, 0.05) is 4.90 Å². The van der Waals surface area contributed by atoms with E-state index in [1.807, 2.05) is 24.3 Å². The molecule has 4 heteroatoms. The number of hydrogen-bond donors (Lipinski definition) is 1. The maximum absolute atomic E-state index is 12.8. The van der Waals surface area contributed by atoms with Crippen LogP contribution in [0.3, 0.4) is 0 Å². The Morgan fingerprint density at radius 1 is 1.17 bits per heavy atom. The lowest BCUT2D eigenvalue weighted by atomic mass is 10.0. The third-order valence-electron chi connectivity index (χ3n) is 4.81. The molecule has 0 bridgehead atoms. The van der Waals surface area contributed by atoms with Crippen molar-refractivity contribution < 1.29 is 9.53 Å². The summed E-state index contributed by atoms with van der Waals surface area (Å²) in [5, 5.41) is 3.30. The monoisotopic (exact) mass is 339 g/mol. The smallest absolute Gasteiger partial charge is 0.234 e. The fourth-order valence-electron chi connectivity index (χ4n) is 3.29. The molecule has 0 aromatic heterocycles. The molecule has 2 unspecified atom stereocenters. The van der Waals surface area contributed by atoms with Crippen LogP contribution in [0.15, 0.2) is 53.4 Å². The molecule has 2 atom stereocenters. The number of benzene rings is 2. The standard InChI is InChI=1S/C20H21NO2S/c1-23-16-10-8-14(9-11-16)19(13-6-7-13)21-20(22)18-12-15-4-2-3-5-17(15)24-18/h2-5,8-11,13,18-19H,6-7,12H2,1H3,(H,21,22). The topological polar surface area (TPSA) is 38.3 Å². The zero-order valence-electron chi connectivity index (χ0n) is 13.7. The van der Waals surface area contributed by atoms with E-state index in [0.29, 0.717) is 5.92 Å². The summed E-state index contributed by atoms with van der Waals surface area (Å²) >= 11 is 1.69. The Morgan fingerprint density at radius 2 is 1.92 bits per heavy atom. The first-order chi connectivity index (χ1) is 11.7. The second-order valence-corrected chi connectivity index (χ2v) is 7.76. The van der Waals surface area contributed by atoms with Gasteiger partial charge in [-0.05, 0) is 54.5 Å². The average molecular weight is 339 g/mol. The van der Waals surface area contributed by atoms with Crippen LogP contribution in [-0.2, 0) is 11.2 Å². The van der Waals surface area contributed by atoms with Gasteiger partial charge < -0.3 is 10.1 Å². The molecule has 1 fully saturated rings. The maximum Gasteiger partial charge on any atom is 0.234 e. The molecule has 1 heterocycles. The van der Waals surface area contributed by atoms with Crippen molar-refractivity contribution in [2.75, 3.05) is 7.11 Å². The number of amides is 1. The van der Waals surface area contributed by atoms with Crippen molar-refractivity contribution in [3.8, 4) is 5.75 Å². The SMILES string of the molecule is COc1ccc(C(NC(=O)C2Cc3ccccc3S2)C2CC2)cc1. The minimum Gasteiger partial charge on any atom is -0.497 e. The number of fused-ring (bicyclic) bond motifs is 1. The Bertz CT molecular complexity index is 715. The van der Waals surface area contributed by atoms with Crippen LogP contribution in [-0.4, -0.2) is 18.3 Å². The summed E-state index contributed by atoms with van der Waals surface area (Å²) < 4.78 is 5.23. The van der Waals surface area contributed by atoms with Gasteiger partial charge in [0.15, 0.2) is 0 Å². The molecular weight excluding hydrogens is 318 g/mol. The van der Waals surface area contributed by atoms with Crippen molar-refractivity contribution in [1.29, 1.82) is 0 Å². The molecule has 1 saturated carbocycles. The Labute approximate surface area is 146 Å². The molecule has 124 valence electrons. The molecule has 0 radical (unpaired) electrons. The van der Waals surface area contributed by atoms with Crippen LogP contribution in [0.1, 0.15) is 30.0 Å². The summed E-state index contributed by atoms with van der Waals surface area (Å²) in [4.78, 5) is 14.0. The van der Waals surface area contributed by atoms with Gasteiger partial charge in [0.1, 0.15) is 5.75 Å². The number of nitrogens with one attached hydrogen (secondary N) is 1. The van der Waals surface area contributed by atoms with E-state index in [4.69, 9.17) is 4.74 Å². The normalized spacial score (nSPS) is 20.3. The molecule has 24 heavy (non-hydrogen) atoms. The van der Waals surface area contributed by atoms with Gasteiger partial charge in [-0.25, -0.2) is 0 Å². The predicted octanol–water partition coefficient (Wildman–Crippen LogP) is 3.98. The lowest BCUT2D eigenvalue weighted by Gasteiger charge is -2.21. The van der Waals surface area contributed by atoms with Gasteiger partial charge in [-0.3, -0.25) is 4.79 Å². The second kappa shape index (κ2) is 6.52. The minimum atomic E-state index is -0.0121. The average Bonchev–Trinajstić information content (AvgIpc) is 3.37. The first kappa shape index (κ1) is 15.6. The number of methoxy groups -OCH3 is 1. The molecule has 1 aliphatic heterocycles. The van der Waals surface area contributed by atoms with Crippen LogP contribution in [0.5, 0.6) is 5.75 Å². The number of rotatable bonds is 5. The number of carbonyl (C=O) groups excluding carboxylic acids is 1. The van der Waals surface area contributed by atoms with Gasteiger partial charge in [0.25, 0.3) is 0 Å². The number of hydrogen-bond acceptors (Lipinski definition) is 3. The first-order valence-corrected chi connectivity index (χ1v) is 9.31. The van der Waals surface area contributed by atoms with Crippen LogP contribution in [0.25, 0.3) is 0 Å². The highest BCUT2D eigenvalue weighted by Gasteiger charge is 2.36. The molecular formula is C20H21NO2S. The van der Waals surface area contributed by atoms with Gasteiger partial charge in [-0.2, -0.15) is 0 Å². The molecule has 0 saturated heterocycles. The Balaban J connectivity index is 1.46. The van der Waals surface area contributed by atoms with Crippen molar-refractivity contribution in [2.24, 2.45) is 5.92 Å². The van der Waals surface area contributed by atoms with Gasteiger partial charge in [-0.15, -0.1) is 11.8 Å². The Kier molecular flexibility index (Phi) is 4.23. The quantitative estimate of drug-likeness (QED) is 0.895. The van der Waals surface area contributed by atoms with Crippen LogP contribution in [0, 0.1) is 5.92 Å². The Hall–Kier alpha value is -1.94. The summed E-state index contributed by atoms with van der Waals surface area (Å²) in [5.74, 6) is 1.57. The molecule has 1 amide bonds. The number of carbonyl (C=O) groups is 1. The van der Waals surface area contributed by atoms with Gasteiger partial charge in [0.2, 0.25) is 5.91 Å². The highest BCUT2D eigenvalue weighted by atomic mass is 32.2. The summed E-state index contributed by atoms with van der Waals surface area (Å²) in [6.07, 6.45) is 3.21. The third kappa shape index (κ3) is 3.16. The zero-order chi connectivity index (χ0) is 16.5. The van der Waals surface area contributed by atoms with Crippen LogP contribution >= 0.6 is 11.8 Å². The fraction of sp³-hybridized carbons (Fsp3) is 0.350. The molecule has 1 aliphatic carbocycles. The minimum absolute atomic E-state index is 0.0121.